The molecule has 0 atom stereocenters. The number of aryl methyl sites for hydroxylation is 2. The summed E-state index contributed by atoms with van der Waals surface area (Å²) in [6.07, 6.45) is 4.60. The minimum absolute atomic E-state index is 0. The van der Waals surface area contributed by atoms with E-state index in [2.05, 4.69) is 68.8 Å². The molecule has 2 aromatic rings. The molecule has 0 aliphatic heterocycles. The van der Waals surface area contributed by atoms with E-state index in [9.17, 15) is 0 Å². The smallest absolute Gasteiger partial charge is 0.0214 e. The van der Waals surface area contributed by atoms with Crippen LogP contribution in [0.4, 0.5) is 0 Å². The van der Waals surface area contributed by atoms with Crippen molar-refractivity contribution in [1.82, 2.24) is 0 Å². The van der Waals surface area contributed by atoms with Gasteiger partial charge in [0.25, 0.3) is 0 Å². The number of fused-ring (bicyclic) bond motifs is 1. The Bertz CT molecular complexity index is 595. The molecule has 0 N–H and O–H groups in total. The first-order valence-electron chi connectivity index (χ1n) is 5.98. The second-order valence-corrected chi connectivity index (χ2v) is 4.64. The van der Waals surface area contributed by atoms with Crippen LogP contribution in [0, 0.1) is 20.3 Å². The number of allylic oxidation sites excluding steroid dienone is 1. The van der Waals surface area contributed by atoms with Crippen LogP contribution in [0.2, 0.25) is 0 Å². The van der Waals surface area contributed by atoms with Gasteiger partial charge >= 0.3 is 0 Å². The Balaban J connectivity index is 0.00000120. The summed E-state index contributed by atoms with van der Waals surface area (Å²) < 4.78 is 0. The summed E-state index contributed by atoms with van der Waals surface area (Å²) >= 11 is 0. The molecule has 1 aliphatic carbocycles. The van der Waals surface area contributed by atoms with E-state index in [0.29, 0.717) is 0 Å². The van der Waals surface area contributed by atoms with Crippen molar-refractivity contribution < 1.29 is 26.2 Å². The molecule has 0 amide bonds. The van der Waals surface area contributed by atoms with Crippen molar-refractivity contribution in [3.63, 3.8) is 0 Å². The van der Waals surface area contributed by atoms with Crippen LogP contribution in [0.3, 0.4) is 0 Å². The third kappa shape index (κ3) is 2.29. The Labute approximate surface area is 128 Å². The van der Waals surface area contributed by atoms with Crippen molar-refractivity contribution in [3.05, 3.63) is 76.7 Å². The van der Waals surface area contributed by atoms with E-state index in [1.54, 1.807) is 0 Å². The average Bonchev–Trinajstić information content (AvgIpc) is 2.81. The van der Waals surface area contributed by atoms with Crippen LogP contribution in [-0.2, 0) is 26.2 Å². The molecule has 0 heterocycles. The Kier molecular flexibility index (Phi) is 4.02. The van der Waals surface area contributed by atoms with Crippen LogP contribution < -0.4 is 0 Å². The third-order valence-electron chi connectivity index (χ3n) is 3.43. The van der Waals surface area contributed by atoms with Gasteiger partial charge in [0.1, 0.15) is 0 Å². The predicted molar refractivity (Wildman–Crippen MR) is 73.6 cm³/mol. The van der Waals surface area contributed by atoms with E-state index in [0.717, 1.165) is 0 Å². The third-order valence-corrected chi connectivity index (χ3v) is 3.43. The molecule has 1 radical (unpaired) electrons. The first-order chi connectivity index (χ1) is 8.25. The Morgan fingerprint density at radius 3 is 1.94 bits per heavy atom. The molecule has 18 heavy (non-hydrogen) atoms. The maximum absolute atomic E-state index is 2.30. The molecule has 1 aliphatic rings. The van der Waals surface area contributed by atoms with Gasteiger partial charge in [-0.15, -0.1) is 0 Å². The van der Waals surface area contributed by atoms with Crippen molar-refractivity contribution in [1.29, 1.82) is 0 Å². The fourth-order valence-electron chi connectivity index (χ4n) is 2.39. The zero-order valence-corrected chi connectivity index (χ0v) is 13.2. The van der Waals surface area contributed by atoms with Gasteiger partial charge in [0.15, 0.2) is 0 Å². The predicted octanol–water partition coefficient (Wildman–Crippen LogP) is 4.41. The van der Waals surface area contributed by atoms with E-state index < -0.39 is 0 Å². The molecular formula is C17H15Zr. The summed E-state index contributed by atoms with van der Waals surface area (Å²) in [5.41, 5.74) is 8.08. The molecule has 1 heteroatoms. The van der Waals surface area contributed by atoms with E-state index >= 15 is 0 Å². The SMILES string of the molecule is Cc1ccc(C)c2c1[CH]C(c1ccccc1)=C2.[Zr]. The first-order valence-corrected chi connectivity index (χ1v) is 5.98. The molecule has 0 spiro atoms. The topological polar surface area (TPSA) is 0 Å². The van der Waals surface area contributed by atoms with Gasteiger partial charge in [-0.1, -0.05) is 42.5 Å². The zero-order chi connectivity index (χ0) is 11.8. The van der Waals surface area contributed by atoms with E-state index in [-0.39, 0.29) is 26.2 Å². The van der Waals surface area contributed by atoms with Crippen LogP contribution in [0.5, 0.6) is 0 Å². The molecule has 0 aromatic heterocycles. The van der Waals surface area contributed by atoms with Crippen LogP contribution >= 0.6 is 0 Å². The van der Waals surface area contributed by atoms with Crippen LogP contribution in [0.25, 0.3) is 11.6 Å². The van der Waals surface area contributed by atoms with Crippen molar-refractivity contribution in [2.45, 2.75) is 13.8 Å². The average molecular weight is 311 g/mol. The van der Waals surface area contributed by atoms with Crippen molar-refractivity contribution in [2.24, 2.45) is 0 Å². The minimum Gasteiger partial charge on any atom is -0.0622 e. The number of hydrogen-bond acceptors (Lipinski definition) is 0. The standard InChI is InChI=1S/C17H15.Zr/c1-12-8-9-13(2)17-11-15(10-16(12)17)14-6-4-3-5-7-14;/h3-11H,1-2H3;. The van der Waals surface area contributed by atoms with Crippen LogP contribution in [0.1, 0.15) is 27.8 Å². The van der Waals surface area contributed by atoms with E-state index in [4.69, 9.17) is 0 Å². The summed E-state index contributed by atoms with van der Waals surface area (Å²) in [6.45, 7) is 4.35. The largest absolute Gasteiger partial charge is 0.0622 e. The number of hydrogen-bond donors (Lipinski definition) is 0. The molecule has 2 aromatic carbocycles. The normalized spacial score (nSPS) is 12.7. The molecule has 87 valence electrons. The van der Waals surface area contributed by atoms with E-state index in [1.807, 2.05) is 0 Å². The minimum atomic E-state index is 0. The van der Waals surface area contributed by atoms with Gasteiger partial charge in [-0.25, -0.2) is 0 Å². The van der Waals surface area contributed by atoms with Crippen LogP contribution in [-0.4, -0.2) is 0 Å². The monoisotopic (exact) mass is 309 g/mol. The van der Waals surface area contributed by atoms with Crippen molar-refractivity contribution in [3.8, 4) is 0 Å². The quantitative estimate of drug-likeness (QED) is 0.732. The summed E-state index contributed by atoms with van der Waals surface area (Å²) in [5, 5.41) is 0. The van der Waals surface area contributed by atoms with Gasteiger partial charge in [-0.3, -0.25) is 0 Å². The van der Waals surface area contributed by atoms with Crippen molar-refractivity contribution >= 4 is 11.6 Å². The summed E-state index contributed by atoms with van der Waals surface area (Å²) in [5.74, 6) is 0. The molecule has 0 bridgehead atoms. The van der Waals surface area contributed by atoms with Gasteiger partial charge in [0.05, 0.1) is 0 Å². The summed E-state index contributed by atoms with van der Waals surface area (Å²) in [7, 11) is 0. The van der Waals surface area contributed by atoms with Gasteiger partial charge in [-0.2, -0.15) is 0 Å². The van der Waals surface area contributed by atoms with Crippen molar-refractivity contribution in [2.75, 3.05) is 0 Å². The summed E-state index contributed by atoms with van der Waals surface area (Å²) in [6, 6.07) is 15.0. The van der Waals surface area contributed by atoms with Crippen LogP contribution in [0.15, 0.2) is 42.5 Å². The summed E-state index contributed by atoms with van der Waals surface area (Å²) in [4.78, 5) is 0. The Morgan fingerprint density at radius 2 is 1.33 bits per heavy atom. The molecule has 0 saturated carbocycles. The Hall–Kier alpha value is -0.937. The first kappa shape index (κ1) is 13.5. The Morgan fingerprint density at radius 1 is 0.722 bits per heavy atom. The van der Waals surface area contributed by atoms with Gasteiger partial charge in [-0.05, 0) is 53.3 Å². The molecule has 0 nitrogen and oxygen atoms in total. The molecule has 0 unspecified atom stereocenters. The molecule has 0 fully saturated rings. The fourth-order valence-corrected chi connectivity index (χ4v) is 2.39. The van der Waals surface area contributed by atoms with Gasteiger partial charge < -0.3 is 0 Å². The molecule has 3 rings (SSSR count). The maximum atomic E-state index is 2.30. The second kappa shape index (κ2) is 5.37. The molecule has 0 saturated heterocycles. The fraction of sp³-hybridized carbons (Fsp3) is 0.118. The number of benzene rings is 2. The second-order valence-electron chi connectivity index (χ2n) is 4.64. The number of rotatable bonds is 1. The van der Waals surface area contributed by atoms with Gasteiger partial charge in [0.2, 0.25) is 0 Å². The maximum Gasteiger partial charge on any atom is 0.0214 e. The molecular weight excluding hydrogens is 295 g/mol. The van der Waals surface area contributed by atoms with E-state index in [1.165, 1.54) is 33.4 Å². The van der Waals surface area contributed by atoms with Gasteiger partial charge in [0, 0.05) is 32.6 Å². The zero-order valence-electron chi connectivity index (χ0n) is 10.7.